The van der Waals surface area contributed by atoms with Crippen molar-refractivity contribution in [3.63, 3.8) is 0 Å². The molecule has 1 fully saturated rings. The molecule has 2 rings (SSSR count). The van der Waals surface area contributed by atoms with Gasteiger partial charge in [-0.2, -0.15) is 0 Å². The maximum Gasteiger partial charge on any atom is 0.0412 e. The van der Waals surface area contributed by atoms with Gasteiger partial charge >= 0.3 is 0 Å². The zero-order valence-electron chi connectivity index (χ0n) is 13.4. The summed E-state index contributed by atoms with van der Waals surface area (Å²) in [6, 6.07) is 10.3. The summed E-state index contributed by atoms with van der Waals surface area (Å²) in [5.41, 5.74) is 2.99. The number of para-hydroxylation sites is 1. The summed E-state index contributed by atoms with van der Waals surface area (Å²) in [6.07, 6.45) is 6.17. The van der Waals surface area contributed by atoms with Gasteiger partial charge in [0.2, 0.25) is 0 Å². The molecular formula is C18H30N2. The van der Waals surface area contributed by atoms with Crippen LogP contribution in [-0.2, 0) is 6.42 Å². The molecule has 0 amide bonds. The normalized spacial score (nSPS) is 23.1. The van der Waals surface area contributed by atoms with Crippen LogP contribution in [0.5, 0.6) is 0 Å². The van der Waals surface area contributed by atoms with Crippen molar-refractivity contribution in [2.45, 2.75) is 65.0 Å². The molecule has 1 aromatic carbocycles. The highest BCUT2D eigenvalue weighted by Gasteiger charge is 2.27. The summed E-state index contributed by atoms with van der Waals surface area (Å²) in [6.45, 7) is 9.14. The first-order chi connectivity index (χ1) is 9.80. The predicted molar refractivity (Wildman–Crippen MR) is 88.6 cm³/mol. The molecule has 1 aromatic rings. The fraction of sp³-hybridized carbons (Fsp3) is 0.667. The fourth-order valence-corrected chi connectivity index (χ4v) is 3.34. The second-order valence-electron chi connectivity index (χ2n) is 5.99. The molecule has 2 unspecified atom stereocenters. The molecule has 0 saturated carbocycles. The molecule has 1 aliphatic rings. The lowest BCUT2D eigenvalue weighted by Crippen LogP contribution is -2.56. The highest BCUT2D eigenvalue weighted by Crippen LogP contribution is 2.27. The van der Waals surface area contributed by atoms with Gasteiger partial charge in [-0.1, -0.05) is 51.8 Å². The van der Waals surface area contributed by atoms with Crippen LogP contribution in [-0.4, -0.2) is 25.2 Å². The zero-order valence-corrected chi connectivity index (χ0v) is 13.4. The Morgan fingerprint density at radius 1 is 1.15 bits per heavy atom. The molecule has 0 aromatic heterocycles. The van der Waals surface area contributed by atoms with Crippen molar-refractivity contribution in [3.8, 4) is 0 Å². The minimum absolute atomic E-state index is 0.640. The molecule has 0 bridgehead atoms. The SMILES string of the molecule is CCCc1ccccc1N1CC(CCC)NCC1CC. The number of benzene rings is 1. The standard InChI is InChI=1S/C18H30N2/c1-4-9-15-11-7-8-12-18(15)20-14-16(10-5-2)19-13-17(20)6-3/h7-8,11-12,16-17,19H,4-6,9-10,13-14H2,1-3H3. The van der Waals surface area contributed by atoms with Crippen LogP contribution in [0.3, 0.4) is 0 Å². The summed E-state index contributed by atoms with van der Waals surface area (Å²) >= 11 is 0. The predicted octanol–water partition coefficient (Wildman–Crippen LogP) is 4.00. The summed E-state index contributed by atoms with van der Waals surface area (Å²) in [5.74, 6) is 0. The lowest BCUT2D eigenvalue weighted by molar-refractivity contribution is 0.368. The van der Waals surface area contributed by atoms with Gasteiger partial charge in [0.05, 0.1) is 0 Å². The van der Waals surface area contributed by atoms with E-state index in [2.05, 4.69) is 55.3 Å². The van der Waals surface area contributed by atoms with Gasteiger partial charge in [-0.15, -0.1) is 0 Å². The van der Waals surface area contributed by atoms with Gasteiger partial charge in [-0.05, 0) is 30.9 Å². The van der Waals surface area contributed by atoms with Gasteiger partial charge in [0, 0.05) is 30.9 Å². The molecule has 0 radical (unpaired) electrons. The van der Waals surface area contributed by atoms with Crippen molar-refractivity contribution in [2.75, 3.05) is 18.0 Å². The number of nitrogens with zero attached hydrogens (tertiary/aromatic N) is 1. The lowest BCUT2D eigenvalue weighted by atomic mass is 9.99. The smallest absolute Gasteiger partial charge is 0.0412 e. The Hall–Kier alpha value is -1.02. The molecule has 0 spiro atoms. The van der Waals surface area contributed by atoms with Crippen molar-refractivity contribution < 1.29 is 0 Å². The molecular weight excluding hydrogens is 244 g/mol. The van der Waals surface area contributed by atoms with E-state index in [9.17, 15) is 0 Å². The summed E-state index contributed by atoms with van der Waals surface area (Å²) in [4.78, 5) is 2.67. The third kappa shape index (κ3) is 3.54. The van der Waals surface area contributed by atoms with Gasteiger partial charge < -0.3 is 10.2 Å². The molecule has 1 heterocycles. The lowest BCUT2D eigenvalue weighted by Gasteiger charge is -2.42. The largest absolute Gasteiger partial charge is 0.365 e. The number of rotatable bonds is 6. The molecule has 1 N–H and O–H groups in total. The Bertz CT molecular complexity index is 402. The first-order valence-electron chi connectivity index (χ1n) is 8.38. The van der Waals surface area contributed by atoms with E-state index in [4.69, 9.17) is 0 Å². The van der Waals surface area contributed by atoms with Crippen molar-refractivity contribution in [2.24, 2.45) is 0 Å². The van der Waals surface area contributed by atoms with Crippen molar-refractivity contribution in [3.05, 3.63) is 29.8 Å². The molecule has 2 heteroatoms. The Morgan fingerprint density at radius 2 is 1.95 bits per heavy atom. The van der Waals surface area contributed by atoms with Crippen LogP contribution in [0, 0.1) is 0 Å². The van der Waals surface area contributed by atoms with E-state index in [1.807, 2.05) is 0 Å². The van der Waals surface area contributed by atoms with E-state index in [1.54, 1.807) is 0 Å². The maximum atomic E-state index is 3.73. The summed E-state index contributed by atoms with van der Waals surface area (Å²) in [7, 11) is 0. The highest BCUT2D eigenvalue weighted by atomic mass is 15.2. The minimum Gasteiger partial charge on any atom is -0.365 e. The third-order valence-electron chi connectivity index (χ3n) is 4.43. The van der Waals surface area contributed by atoms with E-state index in [0.29, 0.717) is 12.1 Å². The number of hydrogen-bond donors (Lipinski definition) is 1. The van der Waals surface area contributed by atoms with Crippen LogP contribution >= 0.6 is 0 Å². The molecule has 20 heavy (non-hydrogen) atoms. The average Bonchev–Trinajstić information content (AvgIpc) is 2.48. The van der Waals surface area contributed by atoms with E-state index in [1.165, 1.54) is 43.4 Å². The summed E-state index contributed by atoms with van der Waals surface area (Å²) < 4.78 is 0. The molecule has 112 valence electrons. The number of anilines is 1. The van der Waals surface area contributed by atoms with Crippen LogP contribution in [0.15, 0.2) is 24.3 Å². The molecule has 1 aliphatic heterocycles. The zero-order chi connectivity index (χ0) is 14.4. The van der Waals surface area contributed by atoms with Gasteiger partial charge in [-0.25, -0.2) is 0 Å². The number of aryl methyl sites for hydroxylation is 1. The van der Waals surface area contributed by atoms with Crippen molar-refractivity contribution >= 4 is 5.69 Å². The molecule has 1 saturated heterocycles. The first kappa shape index (κ1) is 15.4. The maximum absolute atomic E-state index is 3.73. The van der Waals surface area contributed by atoms with Gasteiger partial charge in [0.25, 0.3) is 0 Å². The van der Waals surface area contributed by atoms with E-state index in [0.717, 1.165) is 13.1 Å². The summed E-state index contributed by atoms with van der Waals surface area (Å²) in [5, 5.41) is 3.73. The van der Waals surface area contributed by atoms with Gasteiger partial charge in [-0.3, -0.25) is 0 Å². The number of nitrogens with one attached hydrogen (secondary N) is 1. The first-order valence-corrected chi connectivity index (χ1v) is 8.38. The Kier molecular flexibility index (Phi) is 5.90. The Morgan fingerprint density at radius 3 is 2.65 bits per heavy atom. The number of piperazine rings is 1. The van der Waals surface area contributed by atoms with Crippen molar-refractivity contribution in [1.29, 1.82) is 0 Å². The van der Waals surface area contributed by atoms with Crippen molar-refractivity contribution in [1.82, 2.24) is 5.32 Å². The Balaban J connectivity index is 2.21. The average molecular weight is 274 g/mol. The van der Waals surface area contributed by atoms with Gasteiger partial charge in [0.15, 0.2) is 0 Å². The van der Waals surface area contributed by atoms with Crippen LogP contribution < -0.4 is 10.2 Å². The van der Waals surface area contributed by atoms with E-state index < -0.39 is 0 Å². The second kappa shape index (κ2) is 7.68. The van der Waals surface area contributed by atoms with E-state index in [-0.39, 0.29) is 0 Å². The minimum atomic E-state index is 0.640. The van der Waals surface area contributed by atoms with E-state index >= 15 is 0 Å². The van der Waals surface area contributed by atoms with Crippen LogP contribution in [0.2, 0.25) is 0 Å². The van der Waals surface area contributed by atoms with Gasteiger partial charge in [0.1, 0.15) is 0 Å². The number of hydrogen-bond acceptors (Lipinski definition) is 2. The quantitative estimate of drug-likeness (QED) is 0.843. The van der Waals surface area contributed by atoms with Crippen LogP contribution in [0.1, 0.15) is 52.0 Å². The molecule has 0 aliphatic carbocycles. The van der Waals surface area contributed by atoms with Crippen LogP contribution in [0.25, 0.3) is 0 Å². The molecule has 2 nitrogen and oxygen atoms in total. The molecule has 2 atom stereocenters. The topological polar surface area (TPSA) is 15.3 Å². The monoisotopic (exact) mass is 274 g/mol. The third-order valence-corrected chi connectivity index (χ3v) is 4.43. The van der Waals surface area contributed by atoms with Crippen LogP contribution in [0.4, 0.5) is 5.69 Å². The fourth-order valence-electron chi connectivity index (χ4n) is 3.34. The second-order valence-corrected chi connectivity index (χ2v) is 5.99. The Labute approximate surface area is 124 Å². The highest BCUT2D eigenvalue weighted by molar-refractivity contribution is 5.55.